The molecular weight excluding hydrogens is 280 g/mol. The molecule has 0 saturated carbocycles. The Morgan fingerprint density at radius 1 is 1.57 bits per heavy atom. The molecular formula is C12H14N4O5. The Kier molecular flexibility index (Phi) is 5.97. The van der Waals surface area contributed by atoms with Gasteiger partial charge in [-0.2, -0.15) is 0 Å². The standard InChI is InChI=1S/C12H14N4O5/c1-3-20-12(17)8(2)21-11-5-4-10(16(18)19)6-9(11)7-14-15-13/h4-6,8H,3,7H2,1-2H3. The van der Waals surface area contributed by atoms with E-state index in [4.69, 9.17) is 15.0 Å². The Morgan fingerprint density at radius 3 is 2.86 bits per heavy atom. The van der Waals surface area contributed by atoms with Crippen LogP contribution in [0.25, 0.3) is 10.4 Å². The van der Waals surface area contributed by atoms with Crippen LogP contribution in [0.4, 0.5) is 5.69 Å². The monoisotopic (exact) mass is 294 g/mol. The van der Waals surface area contributed by atoms with Crippen molar-refractivity contribution < 1.29 is 19.2 Å². The lowest BCUT2D eigenvalue weighted by Gasteiger charge is -2.15. The first-order valence-electron chi connectivity index (χ1n) is 6.11. The van der Waals surface area contributed by atoms with Gasteiger partial charge in [0.25, 0.3) is 5.69 Å². The van der Waals surface area contributed by atoms with E-state index in [-0.39, 0.29) is 24.6 Å². The Balaban J connectivity index is 3.01. The minimum atomic E-state index is -0.878. The van der Waals surface area contributed by atoms with E-state index < -0.39 is 17.0 Å². The number of benzene rings is 1. The molecule has 0 N–H and O–H groups in total. The fourth-order valence-electron chi connectivity index (χ4n) is 1.52. The molecule has 0 aromatic heterocycles. The number of rotatable bonds is 7. The SMILES string of the molecule is CCOC(=O)C(C)Oc1ccc([N+](=O)[O-])cc1CN=[N+]=[N-]. The van der Waals surface area contributed by atoms with Crippen LogP contribution in [-0.4, -0.2) is 23.6 Å². The molecule has 21 heavy (non-hydrogen) atoms. The van der Waals surface area contributed by atoms with Gasteiger partial charge in [-0.3, -0.25) is 10.1 Å². The summed E-state index contributed by atoms with van der Waals surface area (Å²) in [5, 5.41) is 14.1. The van der Waals surface area contributed by atoms with E-state index in [0.717, 1.165) is 0 Å². The molecule has 0 aliphatic heterocycles. The second-order valence-electron chi connectivity index (χ2n) is 3.95. The highest BCUT2D eigenvalue weighted by Gasteiger charge is 2.19. The number of nitro benzene ring substituents is 1. The smallest absolute Gasteiger partial charge is 0.347 e. The second kappa shape index (κ2) is 7.71. The number of carbonyl (C=O) groups is 1. The number of carbonyl (C=O) groups excluding carboxylic acids is 1. The summed E-state index contributed by atoms with van der Waals surface area (Å²) >= 11 is 0. The normalized spacial score (nSPS) is 11.1. The quantitative estimate of drug-likeness (QED) is 0.191. The van der Waals surface area contributed by atoms with Crippen molar-refractivity contribution in [2.45, 2.75) is 26.5 Å². The van der Waals surface area contributed by atoms with Gasteiger partial charge >= 0.3 is 5.97 Å². The minimum Gasteiger partial charge on any atom is -0.479 e. The molecule has 0 bridgehead atoms. The average Bonchev–Trinajstić information content (AvgIpc) is 2.46. The minimum absolute atomic E-state index is 0.122. The third-order valence-corrected chi connectivity index (χ3v) is 2.48. The van der Waals surface area contributed by atoms with Gasteiger partial charge in [-0.05, 0) is 25.4 Å². The number of ether oxygens (including phenoxy) is 2. The van der Waals surface area contributed by atoms with E-state index in [1.165, 1.54) is 25.1 Å². The molecule has 0 aliphatic rings. The number of nitrogens with zero attached hydrogens (tertiary/aromatic N) is 4. The van der Waals surface area contributed by atoms with Crippen LogP contribution in [-0.2, 0) is 16.1 Å². The summed E-state index contributed by atoms with van der Waals surface area (Å²) in [4.78, 5) is 24.3. The van der Waals surface area contributed by atoms with Crippen molar-refractivity contribution in [2.75, 3.05) is 6.61 Å². The van der Waals surface area contributed by atoms with Gasteiger partial charge in [0.2, 0.25) is 0 Å². The molecule has 0 heterocycles. The first kappa shape index (κ1) is 16.3. The Hall–Kier alpha value is -2.80. The zero-order chi connectivity index (χ0) is 15.8. The maximum atomic E-state index is 11.5. The average molecular weight is 294 g/mol. The van der Waals surface area contributed by atoms with Gasteiger partial charge in [0, 0.05) is 22.6 Å². The van der Waals surface area contributed by atoms with Crippen LogP contribution < -0.4 is 4.74 Å². The van der Waals surface area contributed by atoms with Crippen molar-refractivity contribution in [3.63, 3.8) is 0 Å². The molecule has 1 aromatic carbocycles. The van der Waals surface area contributed by atoms with Crippen LogP contribution in [0.3, 0.4) is 0 Å². The van der Waals surface area contributed by atoms with E-state index in [1.54, 1.807) is 6.92 Å². The first-order chi connectivity index (χ1) is 9.99. The van der Waals surface area contributed by atoms with Crippen LogP contribution >= 0.6 is 0 Å². The third kappa shape index (κ3) is 4.66. The topological polar surface area (TPSA) is 127 Å². The van der Waals surface area contributed by atoms with Gasteiger partial charge in [-0.25, -0.2) is 4.79 Å². The highest BCUT2D eigenvalue weighted by Crippen LogP contribution is 2.26. The fraction of sp³-hybridized carbons (Fsp3) is 0.417. The molecule has 1 rings (SSSR count). The molecule has 112 valence electrons. The Labute approximate surface area is 120 Å². The van der Waals surface area contributed by atoms with E-state index in [0.29, 0.717) is 5.56 Å². The van der Waals surface area contributed by atoms with E-state index in [9.17, 15) is 14.9 Å². The van der Waals surface area contributed by atoms with E-state index in [1.807, 2.05) is 0 Å². The highest BCUT2D eigenvalue weighted by atomic mass is 16.6. The first-order valence-corrected chi connectivity index (χ1v) is 6.11. The van der Waals surface area contributed by atoms with Crippen LogP contribution in [0.1, 0.15) is 19.4 Å². The molecule has 0 radical (unpaired) electrons. The molecule has 0 amide bonds. The molecule has 0 fully saturated rings. The predicted molar refractivity (Wildman–Crippen MR) is 72.7 cm³/mol. The molecule has 0 spiro atoms. The summed E-state index contributed by atoms with van der Waals surface area (Å²) in [6, 6.07) is 3.84. The van der Waals surface area contributed by atoms with Gasteiger partial charge < -0.3 is 9.47 Å². The summed E-state index contributed by atoms with van der Waals surface area (Å²) in [5.41, 5.74) is 8.51. The van der Waals surface area contributed by atoms with Crippen molar-refractivity contribution in [2.24, 2.45) is 5.11 Å². The molecule has 0 aliphatic carbocycles. The van der Waals surface area contributed by atoms with Crippen LogP contribution in [0.2, 0.25) is 0 Å². The van der Waals surface area contributed by atoms with Crippen molar-refractivity contribution in [3.05, 3.63) is 44.3 Å². The summed E-state index contributed by atoms with van der Waals surface area (Å²) in [6.45, 7) is 3.27. The Bertz CT molecular complexity index is 583. The van der Waals surface area contributed by atoms with Crippen molar-refractivity contribution in [1.29, 1.82) is 0 Å². The lowest BCUT2D eigenvalue weighted by Crippen LogP contribution is -2.26. The predicted octanol–water partition coefficient (Wildman–Crippen LogP) is 2.74. The van der Waals surface area contributed by atoms with Gasteiger partial charge in [0.1, 0.15) is 5.75 Å². The van der Waals surface area contributed by atoms with Crippen molar-refractivity contribution >= 4 is 11.7 Å². The van der Waals surface area contributed by atoms with Gasteiger partial charge in [0.15, 0.2) is 6.10 Å². The van der Waals surface area contributed by atoms with Crippen LogP contribution in [0, 0.1) is 10.1 Å². The largest absolute Gasteiger partial charge is 0.479 e. The highest BCUT2D eigenvalue weighted by molar-refractivity contribution is 5.74. The van der Waals surface area contributed by atoms with Gasteiger partial charge in [-0.15, -0.1) is 0 Å². The van der Waals surface area contributed by atoms with Gasteiger partial charge in [0.05, 0.1) is 18.1 Å². The third-order valence-electron chi connectivity index (χ3n) is 2.48. The van der Waals surface area contributed by atoms with Crippen LogP contribution in [0.5, 0.6) is 5.75 Å². The molecule has 9 nitrogen and oxygen atoms in total. The van der Waals surface area contributed by atoms with Crippen molar-refractivity contribution in [1.82, 2.24) is 0 Å². The number of azide groups is 1. The Morgan fingerprint density at radius 2 is 2.29 bits per heavy atom. The maximum absolute atomic E-state index is 11.5. The lowest BCUT2D eigenvalue weighted by atomic mass is 10.1. The molecule has 1 aromatic rings. The van der Waals surface area contributed by atoms with Crippen molar-refractivity contribution in [3.8, 4) is 5.75 Å². The van der Waals surface area contributed by atoms with E-state index in [2.05, 4.69) is 10.0 Å². The summed E-state index contributed by atoms with van der Waals surface area (Å²) in [5.74, 6) is -0.320. The number of hydrogen-bond donors (Lipinski definition) is 0. The number of esters is 1. The van der Waals surface area contributed by atoms with Gasteiger partial charge in [-0.1, -0.05) is 5.11 Å². The number of non-ortho nitro benzene ring substituents is 1. The summed E-state index contributed by atoms with van der Waals surface area (Å²) in [6.07, 6.45) is -0.878. The number of hydrogen-bond acceptors (Lipinski definition) is 6. The molecule has 0 saturated heterocycles. The van der Waals surface area contributed by atoms with Crippen LogP contribution in [0.15, 0.2) is 23.3 Å². The zero-order valence-electron chi connectivity index (χ0n) is 11.6. The maximum Gasteiger partial charge on any atom is 0.347 e. The fourth-order valence-corrected chi connectivity index (χ4v) is 1.52. The number of nitro groups is 1. The zero-order valence-corrected chi connectivity index (χ0v) is 11.6. The summed E-state index contributed by atoms with van der Waals surface area (Å²) in [7, 11) is 0. The lowest BCUT2D eigenvalue weighted by molar-refractivity contribution is -0.384. The second-order valence-corrected chi connectivity index (χ2v) is 3.95. The van der Waals surface area contributed by atoms with E-state index >= 15 is 0 Å². The molecule has 1 unspecified atom stereocenters. The molecule has 9 heteroatoms. The molecule has 1 atom stereocenters. The summed E-state index contributed by atoms with van der Waals surface area (Å²) < 4.78 is 10.2.